The Morgan fingerprint density at radius 1 is 1.15 bits per heavy atom. The minimum Gasteiger partial charge on any atom is -0.508 e. The van der Waals surface area contributed by atoms with Crippen LogP contribution in [0.2, 0.25) is 0 Å². The van der Waals surface area contributed by atoms with Crippen LogP contribution in [0.5, 0.6) is 5.75 Å². The van der Waals surface area contributed by atoms with E-state index >= 15 is 0 Å². The quantitative estimate of drug-likeness (QED) is 0.804. The van der Waals surface area contributed by atoms with E-state index in [1.165, 1.54) is 48.8 Å². The summed E-state index contributed by atoms with van der Waals surface area (Å²) >= 11 is 0. The summed E-state index contributed by atoms with van der Waals surface area (Å²) in [6.07, 6.45) is 8.74. The second-order valence-corrected chi connectivity index (χ2v) is 8.56. The molecule has 2 bridgehead atoms. The Morgan fingerprint density at radius 3 is 2.92 bits per heavy atom. The summed E-state index contributed by atoms with van der Waals surface area (Å²) in [7, 11) is 0. The fourth-order valence-electron chi connectivity index (χ4n) is 6.30. The number of fused-ring (bicyclic) bond motifs is 1. The number of hydrogen-bond acceptors (Lipinski definition) is 2. The van der Waals surface area contributed by atoms with Gasteiger partial charge in [0.25, 0.3) is 0 Å². The minimum absolute atomic E-state index is 0.345. The molecule has 1 saturated carbocycles. The molecule has 3 aliphatic rings. The van der Waals surface area contributed by atoms with Gasteiger partial charge in [-0.3, -0.25) is 0 Å². The predicted molar refractivity (Wildman–Crippen MR) is 107 cm³/mol. The van der Waals surface area contributed by atoms with Gasteiger partial charge in [0.15, 0.2) is 0 Å². The van der Waals surface area contributed by atoms with Crippen LogP contribution in [0, 0.1) is 5.92 Å². The first-order chi connectivity index (χ1) is 12.7. The first kappa shape index (κ1) is 16.4. The van der Waals surface area contributed by atoms with Crippen LogP contribution in [-0.4, -0.2) is 17.7 Å². The van der Waals surface area contributed by atoms with Crippen molar-refractivity contribution < 1.29 is 5.11 Å². The van der Waals surface area contributed by atoms with Crippen LogP contribution in [0.1, 0.15) is 55.7 Å². The zero-order valence-electron chi connectivity index (χ0n) is 15.7. The van der Waals surface area contributed by atoms with Gasteiger partial charge in [0.05, 0.1) is 0 Å². The Bertz CT molecular complexity index is 838. The molecular weight excluding hydrogens is 318 g/mol. The van der Waals surface area contributed by atoms with Gasteiger partial charge in [0, 0.05) is 11.5 Å². The van der Waals surface area contributed by atoms with Crippen molar-refractivity contribution in [3.63, 3.8) is 0 Å². The molecule has 1 heterocycles. The van der Waals surface area contributed by atoms with Crippen molar-refractivity contribution in [2.75, 3.05) is 6.54 Å². The monoisotopic (exact) mass is 347 g/mol. The van der Waals surface area contributed by atoms with Crippen molar-refractivity contribution >= 4 is 0 Å². The topological polar surface area (TPSA) is 32.3 Å². The van der Waals surface area contributed by atoms with Crippen LogP contribution in [0.4, 0.5) is 0 Å². The molecule has 0 aromatic heterocycles. The molecule has 0 spiro atoms. The SMILES string of the molecule is CCc1ccc(-c2cccc3c2C24CCCC[C@H]2[C@H](C3)NCC4)cc1O. The number of phenolic OH excluding ortho intramolecular Hbond substituents is 1. The summed E-state index contributed by atoms with van der Waals surface area (Å²) in [5.74, 6) is 1.22. The summed E-state index contributed by atoms with van der Waals surface area (Å²) in [6, 6.07) is 13.8. The van der Waals surface area contributed by atoms with Gasteiger partial charge in [0.2, 0.25) is 0 Å². The van der Waals surface area contributed by atoms with Gasteiger partial charge in [-0.05, 0) is 78.5 Å². The molecule has 136 valence electrons. The smallest absolute Gasteiger partial charge is 0.119 e. The van der Waals surface area contributed by atoms with Crippen LogP contribution in [0.3, 0.4) is 0 Å². The van der Waals surface area contributed by atoms with Gasteiger partial charge >= 0.3 is 0 Å². The lowest BCUT2D eigenvalue weighted by Gasteiger charge is -2.56. The van der Waals surface area contributed by atoms with Gasteiger partial charge in [0.1, 0.15) is 5.75 Å². The molecule has 5 rings (SSSR count). The highest BCUT2D eigenvalue weighted by molar-refractivity contribution is 5.73. The lowest BCUT2D eigenvalue weighted by atomic mass is 9.52. The molecule has 0 amide bonds. The average Bonchev–Trinajstić information content (AvgIpc) is 2.67. The molecule has 2 aromatic rings. The minimum atomic E-state index is 0.345. The maximum atomic E-state index is 10.5. The molecular formula is C24H29NO. The van der Waals surface area contributed by atoms with E-state index in [1.807, 2.05) is 6.07 Å². The molecule has 1 unspecified atom stereocenters. The summed E-state index contributed by atoms with van der Waals surface area (Å²) in [5, 5.41) is 14.3. The number of hydrogen-bond donors (Lipinski definition) is 2. The Hall–Kier alpha value is -1.80. The van der Waals surface area contributed by atoms with Gasteiger partial charge in [-0.25, -0.2) is 0 Å². The normalized spacial score (nSPS) is 29.7. The Labute approximate surface area is 156 Å². The molecule has 2 heteroatoms. The van der Waals surface area contributed by atoms with E-state index in [2.05, 4.69) is 42.6 Å². The van der Waals surface area contributed by atoms with E-state index in [4.69, 9.17) is 0 Å². The Kier molecular flexibility index (Phi) is 3.86. The van der Waals surface area contributed by atoms with E-state index in [0.717, 1.165) is 30.9 Å². The highest BCUT2D eigenvalue weighted by atomic mass is 16.3. The molecule has 0 radical (unpaired) electrons. The number of benzene rings is 2. The number of aryl methyl sites for hydroxylation is 1. The first-order valence-electron chi connectivity index (χ1n) is 10.4. The maximum Gasteiger partial charge on any atom is 0.119 e. The standard InChI is InChI=1S/C24H29NO/c1-2-16-9-10-17(15-22(16)26)19-7-5-6-18-14-21-20-8-3-4-11-24(20,23(18)19)12-13-25-21/h5-7,9-10,15,20-21,25-26H,2-4,8,11-14H2,1H3/t20-,21-,24?/m0/s1. The maximum absolute atomic E-state index is 10.5. The highest BCUT2D eigenvalue weighted by Gasteiger charge is 2.52. The predicted octanol–water partition coefficient (Wildman–Crippen LogP) is 4.97. The van der Waals surface area contributed by atoms with Crippen LogP contribution in [0.25, 0.3) is 11.1 Å². The summed E-state index contributed by atoms with van der Waals surface area (Å²) in [6.45, 7) is 3.24. The number of aromatic hydroxyl groups is 1. The molecule has 2 aliphatic carbocycles. The molecule has 2 fully saturated rings. The molecule has 1 saturated heterocycles. The van der Waals surface area contributed by atoms with Gasteiger partial charge < -0.3 is 10.4 Å². The van der Waals surface area contributed by atoms with Crippen molar-refractivity contribution in [1.29, 1.82) is 0 Å². The summed E-state index contributed by atoms with van der Waals surface area (Å²) in [4.78, 5) is 0. The van der Waals surface area contributed by atoms with Crippen LogP contribution in [0.15, 0.2) is 36.4 Å². The second-order valence-electron chi connectivity index (χ2n) is 8.56. The van der Waals surface area contributed by atoms with E-state index < -0.39 is 0 Å². The Balaban J connectivity index is 1.71. The lowest BCUT2D eigenvalue weighted by molar-refractivity contribution is 0.0803. The summed E-state index contributed by atoms with van der Waals surface area (Å²) in [5.41, 5.74) is 7.09. The zero-order chi connectivity index (χ0) is 17.7. The average molecular weight is 348 g/mol. The van der Waals surface area contributed by atoms with Gasteiger partial charge in [-0.15, -0.1) is 0 Å². The third-order valence-corrected chi connectivity index (χ3v) is 7.43. The number of piperidine rings is 1. The van der Waals surface area contributed by atoms with Crippen LogP contribution in [-0.2, 0) is 18.3 Å². The van der Waals surface area contributed by atoms with Gasteiger partial charge in [-0.2, -0.15) is 0 Å². The van der Waals surface area contributed by atoms with Crippen molar-refractivity contribution in [3.05, 3.63) is 53.1 Å². The van der Waals surface area contributed by atoms with Crippen molar-refractivity contribution in [2.24, 2.45) is 5.92 Å². The number of phenols is 1. The third-order valence-electron chi connectivity index (χ3n) is 7.43. The lowest BCUT2D eigenvalue weighted by Crippen LogP contribution is -2.59. The number of rotatable bonds is 2. The molecule has 2 N–H and O–H groups in total. The molecule has 2 aromatic carbocycles. The molecule has 2 nitrogen and oxygen atoms in total. The van der Waals surface area contributed by atoms with E-state index in [1.54, 1.807) is 5.56 Å². The Morgan fingerprint density at radius 2 is 2.08 bits per heavy atom. The number of nitrogens with one attached hydrogen (secondary N) is 1. The zero-order valence-corrected chi connectivity index (χ0v) is 15.7. The van der Waals surface area contributed by atoms with Crippen LogP contribution >= 0.6 is 0 Å². The second kappa shape index (κ2) is 6.13. The molecule has 3 atom stereocenters. The van der Waals surface area contributed by atoms with E-state index in [-0.39, 0.29) is 0 Å². The van der Waals surface area contributed by atoms with Crippen molar-refractivity contribution in [1.82, 2.24) is 5.32 Å². The van der Waals surface area contributed by atoms with E-state index in [9.17, 15) is 5.11 Å². The van der Waals surface area contributed by atoms with Crippen molar-refractivity contribution in [3.8, 4) is 16.9 Å². The first-order valence-corrected chi connectivity index (χ1v) is 10.4. The summed E-state index contributed by atoms with van der Waals surface area (Å²) < 4.78 is 0. The van der Waals surface area contributed by atoms with Crippen LogP contribution < -0.4 is 5.32 Å². The molecule has 1 aliphatic heterocycles. The fraction of sp³-hybridized carbons (Fsp3) is 0.500. The molecule has 26 heavy (non-hydrogen) atoms. The van der Waals surface area contributed by atoms with Gasteiger partial charge in [-0.1, -0.05) is 50.1 Å². The highest BCUT2D eigenvalue weighted by Crippen LogP contribution is 2.56. The third kappa shape index (κ3) is 2.28. The van der Waals surface area contributed by atoms with E-state index in [0.29, 0.717) is 17.2 Å². The van der Waals surface area contributed by atoms with Crippen molar-refractivity contribution in [2.45, 2.75) is 63.3 Å². The largest absolute Gasteiger partial charge is 0.508 e. The fourth-order valence-corrected chi connectivity index (χ4v) is 6.30.